The molecule has 10 heteroatoms. The normalized spacial score (nSPS) is 15.0. The van der Waals surface area contributed by atoms with E-state index in [1.54, 1.807) is 0 Å². The van der Waals surface area contributed by atoms with Crippen LogP contribution in [-0.4, -0.2) is 68.9 Å². The largest absolute Gasteiger partial charge is 0.457 e. The molecule has 0 aromatic heterocycles. The maximum atomic E-state index is 11.9. The third kappa shape index (κ3) is 7.73. The quantitative estimate of drug-likeness (QED) is 0.286. The van der Waals surface area contributed by atoms with Crippen molar-refractivity contribution in [1.82, 2.24) is 0 Å². The molecule has 140 valence electrons. The van der Waals surface area contributed by atoms with Crippen LogP contribution in [0.3, 0.4) is 0 Å². The lowest BCUT2D eigenvalue weighted by atomic mass is 9.99. The van der Waals surface area contributed by atoms with Crippen molar-refractivity contribution in [2.24, 2.45) is 0 Å². The van der Waals surface area contributed by atoms with E-state index >= 15 is 0 Å². The number of esters is 3. The van der Waals surface area contributed by atoms with Gasteiger partial charge in [0.1, 0.15) is 12.2 Å². The van der Waals surface area contributed by atoms with Gasteiger partial charge in [-0.1, -0.05) is 0 Å². The Bertz CT molecular complexity index is 540. The maximum absolute atomic E-state index is 11.9. The zero-order valence-electron chi connectivity index (χ0n) is 14.6. The molecule has 0 amide bonds. The summed E-state index contributed by atoms with van der Waals surface area (Å²) in [6.45, 7) is 3.05. The van der Waals surface area contributed by atoms with E-state index in [2.05, 4.69) is 0 Å². The van der Waals surface area contributed by atoms with E-state index < -0.39 is 48.1 Å². The molecule has 0 heterocycles. The molecule has 0 aromatic carbocycles. The summed E-state index contributed by atoms with van der Waals surface area (Å²) >= 11 is 0. The van der Waals surface area contributed by atoms with Crippen molar-refractivity contribution in [3.8, 4) is 6.07 Å². The fourth-order valence-electron chi connectivity index (χ4n) is 2.08. The molecule has 0 radical (unpaired) electrons. The van der Waals surface area contributed by atoms with E-state index in [4.69, 9.17) is 28.9 Å². The topological polar surface area (TPSA) is 138 Å². The summed E-state index contributed by atoms with van der Waals surface area (Å²) in [6, 6.07) is 1.31. The third-order valence-corrected chi connectivity index (χ3v) is 2.87. The van der Waals surface area contributed by atoms with E-state index in [9.17, 15) is 19.2 Å². The molecular weight excluding hydrogens is 338 g/mol. The second kappa shape index (κ2) is 11.1. The molecule has 25 heavy (non-hydrogen) atoms. The summed E-state index contributed by atoms with van der Waals surface area (Å²) in [7, 11) is 2.53. The summed E-state index contributed by atoms with van der Waals surface area (Å²) in [5.41, 5.74) is 0. The summed E-state index contributed by atoms with van der Waals surface area (Å²) < 4.78 is 25.1. The number of ether oxygens (including phenoxy) is 5. The number of Topliss-reactive ketones (excluding diaryl/α,β-unsaturated/α-hetero) is 1. The summed E-state index contributed by atoms with van der Waals surface area (Å²) in [5.74, 6) is -3.55. The van der Waals surface area contributed by atoms with E-state index in [0.717, 1.165) is 20.8 Å². The Morgan fingerprint density at radius 3 is 1.76 bits per heavy atom. The average Bonchev–Trinajstić information content (AvgIpc) is 2.50. The van der Waals surface area contributed by atoms with Gasteiger partial charge in [-0.2, -0.15) is 5.26 Å². The predicted molar refractivity (Wildman–Crippen MR) is 80.0 cm³/mol. The van der Waals surface area contributed by atoms with Gasteiger partial charge >= 0.3 is 17.9 Å². The number of nitrogens with zero attached hydrogens (tertiary/aromatic N) is 1. The number of carbonyl (C=O) groups excluding carboxylic acids is 4. The number of hydrogen-bond donors (Lipinski definition) is 0. The Hall–Kier alpha value is -2.51. The molecular formula is C15H21NO9. The Balaban J connectivity index is 5.91. The van der Waals surface area contributed by atoms with Crippen molar-refractivity contribution in [2.45, 2.75) is 45.2 Å². The third-order valence-electron chi connectivity index (χ3n) is 2.87. The van der Waals surface area contributed by atoms with Crippen LogP contribution in [0.5, 0.6) is 0 Å². The van der Waals surface area contributed by atoms with Gasteiger partial charge in [0.05, 0.1) is 6.61 Å². The van der Waals surface area contributed by atoms with Crippen LogP contribution in [0, 0.1) is 11.3 Å². The lowest BCUT2D eigenvalue weighted by Gasteiger charge is -2.33. The molecule has 0 spiro atoms. The van der Waals surface area contributed by atoms with Gasteiger partial charge in [0.15, 0.2) is 12.2 Å². The molecule has 10 nitrogen and oxygen atoms in total. The average molecular weight is 359 g/mol. The Labute approximate surface area is 144 Å². The zero-order valence-corrected chi connectivity index (χ0v) is 14.6. The van der Waals surface area contributed by atoms with E-state index in [1.165, 1.54) is 20.3 Å². The number of carbonyl (C=O) groups is 4. The van der Waals surface area contributed by atoms with Crippen molar-refractivity contribution in [3.63, 3.8) is 0 Å². The van der Waals surface area contributed by atoms with Crippen molar-refractivity contribution in [3.05, 3.63) is 0 Å². The highest BCUT2D eigenvalue weighted by Gasteiger charge is 2.44. The maximum Gasteiger partial charge on any atom is 0.303 e. The van der Waals surface area contributed by atoms with E-state index in [0.29, 0.717) is 0 Å². The van der Waals surface area contributed by atoms with Gasteiger partial charge in [-0.15, -0.1) is 0 Å². The Kier molecular flexibility index (Phi) is 10.00. The summed E-state index contributed by atoms with van der Waals surface area (Å²) in [5, 5.41) is 8.86. The lowest BCUT2D eigenvalue weighted by Crippen LogP contribution is -2.54. The molecule has 0 bridgehead atoms. The van der Waals surface area contributed by atoms with Crippen LogP contribution in [0.1, 0.15) is 20.8 Å². The molecule has 0 aliphatic heterocycles. The van der Waals surface area contributed by atoms with E-state index in [1.807, 2.05) is 0 Å². The van der Waals surface area contributed by atoms with Crippen LogP contribution >= 0.6 is 0 Å². The van der Waals surface area contributed by atoms with Gasteiger partial charge in [0.2, 0.25) is 6.10 Å². The Morgan fingerprint density at radius 2 is 1.40 bits per heavy atom. The highest BCUT2D eigenvalue weighted by molar-refractivity contribution is 5.98. The smallest absolute Gasteiger partial charge is 0.303 e. The number of rotatable bonds is 10. The number of ketones is 1. The fraction of sp³-hybridized carbons (Fsp3) is 0.667. The van der Waals surface area contributed by atoms with E-state index in [-0.39, 0.29) is 6.61 Å². The van der Waals surface area contributed by atoms with Crippen LogP contribution in [0.25, 0.3) is 0 Å². The molecule has 0 unspecified atom stereocenters. The molecule has 0 aliphatic carbocycles. The molecule has 0 saturated carbocycles. The van der Waals surface area contributed by atoms with Gasteiger partial charge in [0.25, 0.3) is 5.78 Å². The molecule has 0 rings (SSSR count). The van der Waals surface area contributed by atoms with Crippen LogP contribution in [0.2, 0.25) is 0 Å². The molecule has 0 N–H and O–H groups in total. The first-order valence-corrected chi connectivity index (χ1v) is 7.15. The SMILES string of the molecule is COC[C@@H](OC(C)=O)[C@@H](OC)[C@H](OC(C)=O)[C@@H](OC(C)=O)C(=O)C#N. The monoisotopic (exact) mass is 359 g/mol. The molecule has 0 aromatic rings. The van der Waals surface area contributed by atoms with Gasteiger partial charge in [-0.3, -0.25) is 19.2 Å². The van der Waals surface area contributed by atoms with Gasteiger partial charge in [-0.05, 0) is 0 Å². The molecule has 0 fully saturated rings. The van der Waals surface area contributed by atoms with Crippen molar-refractivity contribution in [1.29, 1.82) is 5.26 Å². The molecule has 0 saturated heterocycles. The number of nitriles is 1. The summed E-state index contributed by atoms with van der Waals surface area (Å²) in [6.07, 6.45) is -5.62. The van der Waals surface area contributed by atoms with Crippen LogP contribution in [0.15, 0.2) is 0 Å². The number of hydrogen-bond acceptors (Lipinski definition) is 10. The second-order valence-corrected chi connectivity index (χ2v) is 4.88. The first-order valence-electron chi connectivity index (χ1n) is 7.15. The highest BCUT2D eigenvalue weighted by Crippen LogP contribution is 2.19. The second-order valence-electron chi connectivity index (χ2n) is 4.88. The van der Waals surface area contributed by atoms with Crippen molar-refractivity contribution < 1.29 is 42.9 Å². The van der Waals surface area contributed by atoms with Gasteiger partial charge in [-0.25, -0.2) is 0 Å². The van der Waals surface area contributed by atoms with Crippen LogP contribution < -0.4 is 0 Å². The minimum Gasteiger partial charge on any atom is -0.457 e. The lowest BCUT2D eigenvalue weighted by molar-refractivity contribution is -0.194. The minimum atomic E-state index is -1.76. The van der Waals surface area contributed by atoms with Gasteiger partial charge < -0.3 is 23.7 Å². The van der Waals surface area contributed by atoms with Crippen LogP contribution in [0.4, 0.5) is 0 Å². The molecule has 4 atom stereocenters. The van der Waals surface area contributed by atoms with Crippen LogP contribution in [-0.2, 0) is 42.9 Å². The molecule has 0 aliphatic rings. The first-order chi connectivity index (χ1) is 11.7. The van der Waals surface area contributed by atoms with Crippen molar-refractivity contribution >= 4 is 23.7 Å². The fourth-order valence-corrected chi connectivity index (χ4v) is 2.08. The minimum absolute atomic E-state index is 0.163. The Morgan fingerprint density at radius 1 is 0.880 bits per heavy atom. The van der Waals surface area contributed by atoms with Gasteiger partial charge in [0, 0.05) is 35.0 Å². The highest BCUT2D eigenvalue weighted by atomic mass is 16.6. The first kappa shape index (κ1) is 22.5. The standard InChI is InChI=1S/C15H21NO9/c1-8(17)23-12(7-21-4)14(22-5)15(25-10(3)19)13(11(20)6-16)24-9(2)18/h12-15H,7H2,1-5H3/t12-,13+,14-,15-/m1/s1. The van der Waals surface area contributed by atoms with Crippen molar-refractivity contribution in [2.75, 3.05) is 20.8 Å². The predicted octanol–water partition coefficient (Wildman–Crippen LogP) is -0.464. The number of methoxy groups -OCH3 is 2. The summed E-state index contributed by atoms with van der Waals surface area (Å²) in [4.78, 5) is 45.9. The zero-order chi connectivity index (χ0) is 19.6.